The van der Waals surface area contributed by atoms with Gasteiger partial charge in [0.2, 0.25) is 0 Å². The molecule has 7 aromatic rings. The Hall–Kier alpha value is -3.14. The van der Waals surface area contributed by atoms with Crippen LogP contribution in [-0.2, 0) is 0 Å². The van der Waals surface area contributed by atoms with Gasteiger partial charge in [0.1, 0.15) is 0 Å². The minimum Gasteiger partial charge on any atom is -0.308 e. The van der Waals surface area contributed by atoms with Crippen molar-refractivity contribution in [3.63, 3.8) is 0 Å². The predicted molar refractivity (Wildman–Crippen MR) is 139 cm³/mol. The summed E-state index contributed by atoms with van der Waals surface area (Å²) in [6.07, 6.45) is 0. The fourth-order valence-corrected chi connectivity index (χ4v) is 6.73. The van der Waals surface area contributed by atoms with Gasteiger partial charge in [-0.25, -0.2) is 0 Å². The minimum atomic E-state index is 1.16. The Morgan fingerprint density at radius 3 is 2.26 bits per heavy atom. The van der Waals surface area contributed by atoms with E-state index in [1.54, 1.807) is 0 Å². The second-order valence-corrected chi connectivity index (χ2v) is 9.81. The normalized spacial score (nSPS) is 12.0. The highest BCUT2D eigenvalue weighted by atomic mass is 79.9. The molecule has 0 amide bonds. The maximum atomic E-state index is 3.89. The maximum absolute atomic E-state index is 3.89. The number of aromatic nitrogens is 1. The number of fused-ring (bicyclic) bond motifs is 8. The summed E-state index contributed by atoms with van der Waals surface area (Å²) in [6, 6.07) is 35.1. The van der Waals surface area contributed by atoms with E-state index in [-0.39, 0.29) is 0 Å². The van der Waals surface area contributed by atoms with Crippen LogP contribution in [0.2, 0.25) is 0 Å². The average molecular weight is 478 g/mol. The van der Waals surface area contributed by atoms with Gasteiger partial charge >= 0.3 is 0 Å². The second-order valence-electron chi connectivity index (χ2n) is 7.91. The molecule has 1 nitrogen and oxygen atoms in total. The van der Waals surface area contributed by atoms with Gasteiger partial charge in [-0.2, -0.15) is 0 Å². The van der Waals surface area contributed by atoms with Crippen LogP contribution in [0.3, 0.4) is 0 Å². The van der Waals surface area contributed by atoms with Gasteiger partial charge in [-0.3, -0.25) is 0 Å². The maximum Gasteiger partial charge on any atom is 0.0635 e. The number of nitrogens with zero attached hydrogens (tertiary/aromatic N) is 1. The number of para-hydroxylation sites is 1. The molecule has 0 spiro atoms. The van der Waals surface area contributed by atoms with Gasteiger partial charge in [-0.05, 0) is 45.6 Å². The number of thiophene rings is 1. The zero-order chi connectivity index (χ0) is 20.5. The lowest BCUT2D eigenvalue weighted by Gasteiger charge is -2.12. The summed E-state index contributed by atoms with van der Waals surface area (Å²) in [5.41, 5.74) is 3.75. The Kier molecular flexibility index (Phi) is 3.64. The van der Waals surface area contributed by atoms with Crippen molar-refractivity contribution in [3.05, 3.63) is 102 Å². The molecule has 0 N–H and O–H groups in total. The molecule has 0 aliphatic rings. The van der Waals surface area contributed by atoms with E-state index < -0.39 is 0 Å². The summed E-state index contributed by atoms with van der Waals surface area (Å²) in [6.45, 7) is 0. The summed E-state index contributed by atoms with van der Waals surface area (Å²) in [7, 11) is 0. The van der Waals surface area contributed by atoms with Gasteiger partial charge in [0, 0.05) is 36.1 Å². The zero-order valence-corrected chi connectivity index (χ0v) is 18.9. The fourth-order valence-electron chi connectivity index (χ4n) is 4.95. The molecule has 0 radical (unpaired) electrons. The molecule has 0 saturated heterocycles. The van der Waals surface area contributed by atoms with E-state index >= 15 is 0 Å². The SMILES string of the molecule is Brc1cc2c3ccccc3n(-c3cccc4ccccc34)c2c2c1sc1ccccc12. The molecular formula is C28H16BrNS. The summed E-state index contributed by atoms with van der Waals surface area (Å²) < 4.78 is 6.26. The van der Waals surface area contributed by atoms with Crippen LogP contribution in [0.1, 0.15) is 0 Å². The van der Waals surface area contributed by atoms with Crippen LogP contribution in [0.15, 0.2) is 102 Å². The number of halogens is 1. The fraction of sp³-hybridized carbons (Fsp3) is 0. The molecule has 5 aromatic carbocycles. The molecule has 0 bridgehead atoms. The Morgan fingerprint density at radius 1 is 0.645 bits per heavy atom. The van der Waals surface area contributed by atoms with Crippen molar-refractivity contribution < 1.29 is 0 Å². The summed E-state index contributed by atoms with van der Waals surface area (Å²) >= 11 is 5.75. The average Bonchev–Trinajstić information content (AvgIpc) is 3.35. The van der Waals surface area contributed by atoms with E-state index in [2.05, 4.69) is 118 Å². The quantitative estimate of drug-likeness (QED) is 0.222. The van der Waals surface area contributed by atoms with Crippen molar-refractivity contribution in [1.29, 1.82) is 0 Å². The smallest absolute Gasteiger partial charge is 0.0635 e. The molecule has 0 aliphatic carbocycles. The van der Waals surface area contributed by atoms with Crippen molar-refractivity contribution in [3.8, 4) is 5.69 Å². The lowest BCUT2D eigenvalue weighted by Crippen LogP contribution is -1.95. The third-order valence-corrected chi connectivity index (χ3v) is 8.33. The first-order valence-corrected chi connectivity index (χ1v) is 11.9. The monoisotopic (exact) mass is 477 g/mol. The lowest BCUT2D eigenvalue weighted by molar-refractivity contribution is 1.21. The van der Waals surface area contributed by atoms with Crippen LogP contribution in [-0.4, -0.2) is 4.57 Å². The molecular weight excluding hydrogens is 462 g/mol. The Bertz CT molecular complexity index is 1800. The summed E-state index contributed by atoms with van der Waals surface area (Å²) in [4.78, 5) is 0. The molecule has 7 rings (SSSR count). The van der Waals surface area contributed by atoms with Crippen molar-refractivity contribution in [2.24, 2.45) is 0 Å². The van der Waals surface area contributed by atoms with Crippen molar-refractivity contribution in [2.45, 2.75) is 0 Å². The summed E-state index contributed by atoms with van der Waals surface area (Å²) in [5, 5.41) is 7.74. The van der Waals surface area contributed by atoms with Crippen molar-refractivity contribution >= 4 is 80.0 Å². The predicted octanol–water partition coefficient (Wildman–Crippen LogP) is 9.07. The van der Waals surface area contributed by atoms with Crippen LogP contribution in [0.25, 0.3) is 58.4 Å². The first-order valence-electron chi connectivity index (χ1n) is 10.3. The summed E-state index contributed by atoms with van der Waals surface area (Å²) in [5.74, 6) is 0. The van der Waals surface area contributed by atoms with Crippen molar-refractivity contribution in [2.75, 3.05) is 0 Å². The third-order valence-electron chi connectivity index (χ3n) is 6.24. The Morgan fingerprint density at radius 2 is 1.35 bits per heavy atom. The van der Waals surface area contributed by atoms with Crippen LogP contribution in [0.5, 0.6) is 0 Å². The highest BCUT2D eigenvalue weighted by Crippen LogP contribution is 2.46. The molecule has 31 heavy (non-hydrogen) atoms. The van der Waals surface area contributed by atoms with Gasteiger partial charge in [0.25, 0.3) is 0 Å². The first kappa shape index (κ1) is 17.5. The molecule has 0 atom stereocenters. The zero-order valence-electron chi connectivity index (χ0n) is 16.5. The van der Waals surface area contributed by atoms with Gasteiger partial charge in [-0.15, -0.1) is 11.3 Å². The highest BCUT2D eigenvalue weighted by molar-refractivity contribution is 9.10. The standard InChI is InChI=1S/C28H16BrNS/c29-22-16-21-19-11-3-5-13-24(19)30(23-14-7-9-17-8-1-2-10-18(17)23)27(21)26-20-12-4-6-15-25(20)31-28(22)26/h1-16H. The van der Waals surface area contributed by atoms with E-state index in [0.29, 0.717) is 0 Å². The van der Waals surface area contributed by atoms with Gasteiger partial charge in [-0.1, -0.05) is 72.8 Å². The van der Waals surface area contributed by atoms with Gasteiger partial charge in [0.05, 0.1) is 21.4 Å². The lowest BCUT2D eigenvalue weighted by atomic mass is 10.1. The highest BCUT2D eigenvalue weighted by Gasteiger charge is 2.20. The molecule has 0 aliphatic heterocycles. The Balaban J connectivity index is 1.82. The van der Waals surface area contributed by atoms with Crippen LogP contribution in [0.4, 0.5) is 0 Å². The third kappa shape index (κ3) is 2.36. The van der Waals surface area contributed by atoms with Crippen LogP contribution in [0, 0.1) is 0 Å². The molecule has 2 heterocycles. The van der Waals surface area contributed by atoms with Gasteiger partial charge in [0.15, 0.2) is 0 Å². The number of benzene rings is 5. The Labute approximate surface area is 191 Å². The van der Waals surface area contributed by atoms with E-state index in [1.165, 1.54) is 58.4 Å². The number of hydrogen-bond acceptors (Lipinski definition) is 1. The van der Waals surface area contributed by atoms with E-state index in [1.807, 2.05) is 11.3 Å². The van der Waals surface area contributed by atoms with Crippen molar-refractivity contribution in [1.82, 2.24) is 4.57 Å². The topological polar surface area (TPSA) is 4.93 Å². The van der Waals surface area contributed by atoms with E-state index in [0.717, 1.165) is 4.47 Å². The number of hydrogen-bond donors (Lipinski definition) is 0. The van der Waals surface area contributed by atoms with E-state index in [9.17, 15) is 0 Å². The van der Waals surface area contributed by atoms with E-state index in [4.69, 9.17) is 0 Å². The molecule has 2 aromatic heterocycles. The molecule has 0 fully saturated rings. The van der Waals surface area contributed by atoms with Crippen LogP contribution >= 0.6 is 27.3 Å². The largest absolute Gasteiger partial charge is 0.308 e. The first-order chi connectivity index (χ1) is 15.3. The second kappa shape index (κ2) is 6.43. The molecule has 3 heteroatoms. The molecule has 0 saturated carbocycles. The molecule has 0 unspecified atom stereocenters. The number of rotatable bonds is 1. The molecule has 146 valence electrons. The minimum absolute atomic E-state index is 1.16. The van der Waals surface area contributed by atoms with Crippen LogP contribution < -0.4 is 0 Å². The van der Waals surface area contributed by atoms with Gasteiger partial charge < -0.3 is 4.57 Å².